The molecule has 22 heavy (non-hydrogen) atoms. The van der Waals surface area contributed by atoms with E-state index in [9.17, 15) is 0 Å². The van der Waals surface area contributed by atoms with Gasteiger partial charge in [-0.2, -0.15) is 0 Å². The Hall–Kier alpha value is -1.47. The van der Waals surface area contributed by atoms with Gasteiger partial charge in [0.25, 0.3) is 0 Å². The lowest BCUT2D eigenvalue weighted by molar-refractivity contribution is 0.590. The molecular formula is C20H26ClN. The van der Waals surface area contributed by atoms with E-state index in [1.807, 2.05) is 12.1 Å². The zero-order valence-corrected chi connectivity index (χ0v) is 15.2. The molecule has 0 aromatic heterocycles. The fraction of sp³-hybridized carbons (Fsp3) is 0.400. The number of hydrogen-bond acceptors (Lipinski definition) is 1. The van der Waals surface area contributed by atoms with E-state index in [4.69, 9.17) is 11.6 Å². The lowest BCUT2D eigenvalue weighted by Crippen LogP contribution is -2.11. The van der Waals surface area contributed by atoms with E-state index in [0.29, 0.717) is 0 Å². The Bertz CT molecular complexity index is 643. The summed E-state index contributed by atoms with van der Waals surface area (Å²) < 4.78 is 0. The van der Waals surface area contributed by atoms with E-state index < -0.39 is 0 Å². The van der Waals surface area contributed by atoms with Gasteiger partial charge in [0.2, 0.25) is 0 Å². The molecule has 1 nitrogen and oxygen atoms in total. The van der Waals surface area contributed by atoms with Gasteiger partial charge in [0.1, 0.15) is 0 Å². The van der Waals surface area contributed by atoms with E-state index >= 15 is 0 Å². The van der Waals surface area contributed by atoms with Gasteiger partial charge in [-0.05, 0) is 52.3 Å². The molecule has 2 aromatic rings. The van der Waals surface area contributed by atoms with E-state index in [1.165, 1.54) is 11.1 Å². The first-order valence-corrected chi connectivity index (χ1v) is 8.12. The van der Waals surface area contributed by atoms with E-state index in [0.717, 1.165) is 16.4 Å². The average molecular weight is 316 g/mol. The predicted octanol–water partition coefficient (Wildman–Crippen LogP) is 6.68. The van der Waals surface area contributed by atoms with Crippen molar-refractivity contribution in [3.05, 3.63) is 58.6 Å². The van der Waals surface area contributed by atoms with Gasteiger partial charge in [0.05, 0.1) is 0 Å². The van der Waals surface area contributed by atoms with Gasteiger partial charge in [0.15, 0.2) is 0 Å². The van der Waals surface area contributed by atoms with Crippen molar-refractivity contribution in [2.75, 3.05) is 5.32 Å². The average Bonchev–Trinajstić information content (AvgIpc) is 2.36. The second kappa shape index (κ2) is 5.96. The third kappa shape index (κ3) is 4.27. The lowest BCUT2D eigenvalue weighted by Gasteiger charge is -2.21. The van der Waals surface area contributed by atoms with Crippen LogP contribution < -0.4 is 5.32 Å². The van der Waals surface area contributed by atoms with E-state index in [-0.39, 0.29) is 10.8 Å². The molecule has 2 heteroatoms. The molecule has 0 amide bonds. The van der Waals surface area contributed by atoms with Crippen molar-refractivity contribution < 1.29 is 0 Å². The minimum atomic E-state index is 0.0808. The Morgan fingerprint density at radius 3 is 1.73 bits per heavy atom. The van der Waals surface area contributed by atoms with Gasteiger partial charge < -0.3 is 5.32 Å². The number of halogens is 1. The zero-order valence-electron chi connectivity index (χ0n) is 14.4. The van der Waals surface area contributed by atoms with Gasteiger partial charge in [-0.3, -0.25) is 0 Å². The topological polar surface area (TPSA) is 12.0 Å². The molecule has 0 spiro atoms. The third-order valence-corrected chi connectivity index (χ3v) is 4.02. The molecule has 0 radical (unpaired) electrons. The van der Waals surface area contributed by atoms with Crippen molar-refractivity contribution in [2.45, 2.75) is 52.4 Å². The highest BCUT2D eigenvalue weighted by molar-refractivity contribution is 6.31. The second-order valence-corrected chi connectivity index (χ2v) is 8.37. The highest BCUT2D eigenvalue weighted by Crippen LogP contribution is 2.30. The molecule has 0 aliphatic carbocycles. The van der Waals surface area contributed by atoms with Crippen LogP contribution in [0.15, 0.2) is 42.5 Å². The summed E-state index contributed by atoms with van der Waals surface area (Å²) in [5, 5.41) is 4.22. The first-order chi connectivity index (χ1) is 10.1. The molecule has 0 aliphatic heterocycles. The van der Waals surface area contributed by atoms with Crippen molar-refractivity contribution in [2.24, 2.45) is 0 Å². The largest absolute Gasteiger partial charge is 0.355 e. The van der Waals surface area contributed by atoms with Crippen LogP contribution in [0, 0.1) is 0 Å². The number of nitrogens with one attached hydrogen (secondary N) is 1. The zero-order chi connectivity index (χ0) is 16.5. The van der Waals surface area contributed by atoms with Crippen LogP contribution in [0.1, 0.15) is 52.7 Å². The minimum Gasteiger partial charge on any atom is -0.355 e. The fourth-order valence-electron chi connectivity index (χ4n) is 2.32. The summed E-state index contributed by atoms with van der Waals surface area (Å²) in [5.74, 6) is 0. The Labute approximate surface area is 139 Å². The second-order valence-electron chi connectivity index (χ2n) is 7.93. The van der Waals surface area contributed by atoms with Gasteiger partial charge in [-0.25, -0.2) is 0 Å². The quantitative estimate of drug-likeness (QED) is 0.651. The number of benzene rings is 2. The first kappa shape index (κ1) is 16.9. The molecular weight excluding hydrogens is 290 g/mol. The van der Waals surface area contributed by atoms with Crippen LogP contribution in [0.4, 0.5) is 11.4 Å². The van der Waals surface area contributed by atoms with Crippen molar-refractivity contribution in [1.29, 1.82) is 0 Å². The smallest absolute Gasteiger partial charge is 0.0429 e. The standard InChI is InChI=1S/C20H26ClN/c1-19(2,3)14-7-9-17(10-8-14)22-18-12-15(20(4,5)6)11-16(21)13-18/h7-13,22H,1-6H3. The molecule has 0 unspecified atom stereocenters. The molecule has 118 valence electrons. The number of rotatable bonds is 2. The van der Waals surface area contributed by atoms with Crippen LogP contribution in [0.2, 0.25) is 5.02 Å². The molecule has 2 rings (SSSR count). The monoisotopic (exact) mass is 315 g/mol. The summed E-state index contributed by atoms with van der Waals surface area (Å²) in [5.41, 5.74) is 4.93. The Morgan fingerprint density at radius 2 is 1.23 bits per heavy atom. The normalized spacial score (nSPS) is 12.3. The highest BCUT2D eigenvalue weighted by atomic mass is 35.5. The van der Waals surface area contributed by atoms with Crippen LogP contribution in [0.3, 0.4) is 0 Å². The molecule has 0 saturated carbocycles. The van der Waals surface area contributed by atoms with Crippen molar-refractivity contribution in [3.63, 3.8) is 0 Å². The summed E-state index contributed by atoms with van der Waals surface area (Å²) in [4.78, 5) is 0. The molecule has 0 fully saturated rings. The third-order valence-electron chi connectivity index (χ3n) is 3.80. The van der Waals surface area contributed by atoms with E-state index in [2.05, 4.69) is 77.2 Å². The molecule has 0 bridgehead atoms. The summed E-state index contributed by atoms with van der Waals surface area (Å²) in [6.07, 6.45) is 0. The summed E-state index contributed by atoms with van der Waals surface area (Å²) in [6, 6.07) is 14.8. The maximum absolute atomic E-state index is 6.27. The van der Waals surface area contributed by atoms with Gasteiger partial charge >= 0.3 is 0 Å². The van der Waals surface area contributed by atoms with Gasteiger partial charge in [-0.15, -0.1) is 0 Å². The van der Waals surface area contributed by atoms with Crippen LogP contribution in [0.25, 0.3) is 0 Å². The Balaban J connectivity index is 2.26. The Morgan fingerprint density at radius 1 is 0.682 bits per heavy atom. The minimum absolute atomic E-state index is 0.0808. The van der Waals surface area contributed by atoms with Crippen molar-refractivity contribution in [3.8, 4) is 0 Å². The first-order valence-electron chi connectivity index (χ1n) is 7.74. The van der Waals surface area contributed by atoms with E-state index in [1.54, 1.807) is 0 Å². The molecule has 0 aliphatic rings. The SMILES string of the molecule is CC(C)(C)c1ccc(Nc2cc(Cl)cc(C(C)(C)C)c2)cc1. The molecule has 0 saturated heterocycles. The summed E-state index contributed by atoms with van der Waals surface area (Å²) >= 11 is 6.27. The van der Waals surface area contributed by atoms with Crippen molar-refractivity contribution >= 4 is 23.0 Å². The van der Waals surface area contributed by atoms with Crippen LogP contribution in [-0.4, -0.2) is 0 Å². The summed E-state index contributed by atoms with van der Waals surface area (Å²) in [6.45, 7) is 13.3. The predicted molar refractivity (Wildman–Crippen MR) is 98.6 cm³/mol. The molecule has 0 atom stereocenters. The number of hydrogen-bond donors (Lipinski definition) is 1. The molecule has 2 aromatic carbocycles. The maximum atomic E-state index is 6.27. The van der Waals surface area contributed by atoms with Crippen molar-refractivity contribution in [1.82, 2.24) is 0 Å². The van der Waals surface area contributed by atoms with Crippen LogP contribution in [0.5, 0.6) is 0 Å². The van der Waals surface area contributed by atoms with Gasteiger partial charge in [-0.1, -0.05) is 65.3 Å². The Kier molecular flexibility index (Phi) is 4.58. The lowest BCUT2D eigenvalue weighted by atomic mass is 9.86. The highest BCUT2D eigenvalue weighted by Gasteiger charge is 2.16. The van der Waals surface area contributed by atoms with Crippen LogP contribution in [-0.2, 0) is 10.8 Å². The molecule has 1 N–H and O–H groups in total. The molecule has 0 heterocycles. The van der Waals surface area contributed by atoms with Gasteiger partial charge in [0, 0.05) is 16.4 Å². The summed E-state index contributed by atoms with van der Waals surface area (Å²) in [7, 11) is 0. The number of anilines is 2. The maximum Gasteiger partial charge on any atom is 0.0429 e. The fourth-order valence-corrected chi connectivity index (χ4v) is 2.55. The van der Waals surface area contributed by atoms with Crippen LogP contribution >= 0.6 is 11.6 Å².